The molecule has 2 aromatic heterocycles. The number of nitrogens with one attached hydrogen (secondary N) is 1. The Labute approximate surface area is 100 Å². The van der Waals surface area contributed by atoms with E-state index in [9.17, 15) is 0 Å². The van der Waals surface area contributed by atoms with Crippen LogP contribution in [0.1, 0.15) is 25.3 Å². The van der Waals surface area contributed by atoms with Crippen molar-refractivity contribution in [1.29, 1.82) is 0 Å². The van der Waals surface area contributed by atoms with Crippen molar-refractivity contribution >= 4 is 5.82 Å². The van der Waals surface area contributed by atoms with E-state index in [1.165, 1.54) is 0 Å². The number of anilines is 1. The Morgan fingerprint density at radius 1 is 1.41 bits per heavy atom. The summed E-state index contributed by atoms with van der Waals surface area (Å²) < 4.78 is 5.29. The zero-order valence-corrected chi connectivity index (χ0v) is 10.2. The van der Waals surface area contributed by atoms with Crippen molar-refractivity contribution in [3.63, 3.8) is 0 Å². The van der Waals surface area contributed by atoms with Gasteiger partial charge in [0.15, 0.2) is 0 Å². The number of pyridine rings is 1. The molecule has 0 unspecified atom stereocenters. The van der Waals surface area contributed by atoms with E-state index in [-0.39, 0.29) is 0 Å². The van der Waals surface area contributed by atoms with Crippen LogP contribution in [0.2, 0.25) is 0 Å². The van der Waals surface area contributed by atoms with E-state index in [0.717, 1.165) is 16.8 Å². The summed E-state index contributed by atoms with van der Waals surface area (Å²) in [5.41, 5.74) is 8.71. The fourth-order valence-electron chi connectivity index (χ4n) is 1.90. The van der Waals surface area contributed by atoms with Gasteiger partial charge in [-0.1, -0.05) is 13.8 Å². The molecule has 0 aromatic carbocycles. The van der Waals surface area contributed by atoms with Gasteiger partial charge in [0.25, 0.3) is 0 Å². The lowest BCUT2D eigenvalue weighted by molar-refractivity contribution is 0.414. The summed E-state index contributed by atoms with van der Waals surface area (Å²) in [6.45, 7) is 4.16. The summed E-state index contributed by atoms with van der Waals surface area (Å²) in [6.07, 6.45) is 3.40. The van der Waals surface area contributed by atoms with E-state index in [4.69, 9.17) is 10.5 Å². The molecule has 0 aliphatic rings. The van der Waals surface area contributed by atoms with Crippen molar-refractivity contribution in [2.24, 2.45) is 0 Å². The summed E-state index contributed by atoms with van der Waals surface area (Å²) in [5, 5.41) is 7.03. The van der Waals surface area contributed by atoms with Crippen LogP contribution in [0.3, 0.4) is 0 Å². The number of ether oxygens (including phenoxy) is 1. The van der Waals surface area contributed by atoms with Crippen LogP contribution in [0, 0.1) is 0 Å². The monoisotopic (exact) mass is 232 g/mol. The number of nitrogens with zero attached hydrogens (tertiary/aromatic N) is 2. The first-order valence-corrected chi connectivity index (χ1v) is 5.47. The highest BCUT2D eigenvalue weighted by Crippen LogP contribution is 2.35. The van der Waals surface area contributed by atoms with Crippen LogP contribution in [0.5, 0.6) is 5.75 Å². The number of hydrogen-bond donors (Lipinski definition) is 2. The molecule has 2 heterocycles. The molecule has 5 nitrogen and oxygen atoms in total. The zero-order valence-electron chi connectivity index (χ0n) is 10.2. The summed E-state index contributed by atoms with van der Waals surface area (Å²) >= 11 is 0. The number of methoxy groups -OCH3 is 1. The summed E-state index contributed by atoms with van der Waals surface area (Å²) in [5.74, 6) is 1.54. The van der Waals surface area contributed by atoms with E-state index < -0.39 is 0 Å². The Hall–Kier alpha value is -2.04. The van der Waals surface area contributed by atoms with Crippen molar-refractivity contribution in [1.82, 2.24) is 15.2 Å². The van der Waals surface area contributed by atoms with Crippen LogP contribution in [0.15, 0.2) is 18.5 Å². The third-order valence-electron chi connectivity index (χ3n) is 2.68. The second-order valence-corrected chi connectivity index (χ2v) is 4.13. The van der Waals surface area contributed by atoms with Crippen LogP contribution >= 0.6 is 0 Å². The summed E-state index contributed by atoms with van der Waals surface area (Å²) in [7, 11) is 1.62. The van der Waals surface area contributed by atoms with Gasteiger partial charge < -0.3 is 10.5 Å². The van der Waals surface area contributed by atoms with E-state index in [1.807, 2.05) is 6.07 Å². The lowest BCUT2D eigenvalue weighted by atomic mass is 9.99. The van der Waals surface area contributed by atoms with Crippen molar-refractivity contribution in [2.45, 2.75) is 19.8 Å². The molecular weight excluding hydrogens is 216 g/mol. The van der Waals surface area contributed by atoms with Gasteiger partial charge in [0.05, 0.1) is 19.0 Å². The van der Waals surface area contributed by atoms with Gasteiger partial charge in [-0.15, -0.1) is 0 Å². The molecule has 2 aromatic rings. The second kappa shape index (κ2) is 4.45. The average molecular weight is 232 g/mol. The minimum Gasteiger partial charge on any atom is -0.494 e. The molecule has 0 amide bonds. The molecule has 3 N–H and O–H groups in total. The molecule has 0 bridgehead atoms. The topological polar surface area (TPSA) is 76.8 Å². The molecule has 0 saturated heterocycles. The van der Waals surface area contributed by atoms with Gasteiger partial charge in [-0.05, 0) is 12.0 Å². The summed E-state index contributed by atoms with van der Waals surface area (Å²) in [6, 6.07) is 1.89. The van der Waals surface area contributed by atoms with Crippen molar-refractivity contribution in [3.05, 3.63) is 24.0 Å². The number of rotatable bonds is 3. The van der Waals surface area contributed by atoms with Crippen LogP contribution in [-0.4, -0.2) is 22.3 Å². The van der Waals surface area contributed by atoms with Crippen LogP contribution in [0.25, 0.3) is 11.3 Å². The molecule has 0 atom stereocenters. The second-order valence-electron chi connectivity index (χ2n) is 4.13. The lowest BCUT2D eigenvalue weighted by Crippen LogP contribution is -1.96. The van der Waals surface area contributed by atoms with Gasteiger partial charge in [-0.2, -0.15) is 5.10 Å². The van der Waals surface area contributed by atoms with Gasteiger partial charge in [-0.25, -0.2) is 0 Å². The lowest BCUT2D eigenvalue weighted by Gasteiger charge is -2.10. The molecule has 0 aliphatic carbocycles. The fourth-order valence-corrected chi connectivity index (χ4v) is 1.90. The predicted octanol–water partition coefficient (Wildman–Crippen LogP) is 2.19. The number of nitrogen functional groups attached to an aromatic ring is 1. The number of aromatic amines is 1. The molecule has 0 fully saturated rings. The van der Waals surface area contributed by atoms with E-state index >= 15 is 0 Å². The molecule has 2 rings (SSSR count). The highest BCUT2D eigenvalue weighted by Gasteiger charge is 2.18. The van der Waals surface area contributed by atoms with Crippen LogP contribution in [0.4, 0.5) is 5.82 Å². The summed E-state index contributed by atoms with van der Waals surface area (Å²) in [4.78, 5) is 4.03. The Balaban J connectivity index is 2.60. The standard InChI is InChI=1S/C12H16N4O/c1-7(2)10-11(15-16-12(10)13)8-4-5-14-6-9(8)17-3/h4-7H,1-3H3,(H3,13,15,16). The third kappa shape index (κ3) is 1.95. The first-order valence-electron chi connectivity index (χ1n) is 5.47. The van der Waals surface area contributed by atoms with E-state index in [0.29, 0.717) is 17.5 Å². The predicted molar refractivity (Wildman–Crippen MR) is 66.9 cm³/mol. The van der Waals surface area contributed by atoms with Gasteiger partial charge in [0, 0.05) is 17.3 Å². The number of aromatic nitrogens is 3. The SMILES string of the molecule is COc1cnccc1-c1[nH]nc(N)c1C(C)C. The normalized spacial score (nSPS) is 10.8. The quantitative estimate of drug-likeness (QED) is 0.850. The largest absolute Gasteiger partial charge is 0.494 e. The molecule has 0 aliphatic heterocycles. The first-order chi connectivity index (χ1) is 8.15. The molecule has 0 spiro atoms. The van der Waals surface area contributed by atoms with Gasteiger partial charge in [0.1, 0.15) is 11.6 Å². The molecule has 0 radical (unpaired) electrons. The molecule has 5 heteroatoms. The average Bonchev–Trinajstić information content (AvgIpc) is 2.71. The highest BCUT2D eigenvalue weighted by atomic mass is 16.5. The molecular formula is C12H16N4O. The maximum Gasteiger partial charge on any atom is 0.149 e. The Morgan fingerprint density at radius 2 is 2.18 bits per heavy atom. The Kier molecular flexibility index (Phi) is 2.99. The van der Waals surface area contributed by atoms with Crippen LogP contribution in [-0.2, 0) is 0 Å². The van der Waals surface area contributed by atoms with Gasteiger partial charge in [-0.3, -0.25) is 10.1 Å². The maximum absolute atomic E-state index is 5.87. The minimum absolute atomic E-state index is 0.293. The highest BCUT2D eigenvalue weighted by molar-refractivity contribution is 5.73. The Morgan fingerprint density at radius 3 is 2.82 bits per heavy atom. The smallest absolute Gasteiger partial charge is 0.149 e. The first kappa shape index (κ1) is 11.4. The fraction of sp³-hybridized carbons (Fsp3) is 0.333. The maximum atomic E-state index is 5.87. The van der Waals surface area contributed by atoms with E-state index in [2.05, 4.69) is 29.0 Å². The molecule has 90 valence electrons. The van der Waals surface area contributed by atoms with E-state index in [1.54, 1.807) is 19.5 Å². The van der Waals surface area contributed by atoms with Crippen LogP contribution < -0.4 is 10.5 Å². The minimum atomic E-state index is 0.293. The third-order valence-corrected chi connectivity index (χ3v) is 2.68. The van der Waals surface area contributed by atoms with Gasteiger partial charge in [0.2, 0.25) is 0 Å². The molecule has 0 saturated carbocycles. The Bertz CT molecular complexity index is 519. The number of H-pyrrole nitrogens is 1. The zero-order chi connectivity index (χ0) is 12.4. The van der Waals surface area contributed by atoms with Crippen molar-refractivity contribution < 1.29 is 4.74 Å². The number of hydrogen-bond acceptors (Lipinski definition) is 4. The van der Waals surface area contributed by atoms with Crippen molar-refractivity contribution in [2.75, 3.05) is 12.8 Å². The van der Waals surface area contributed by atoms with Gasteiger partial charge >= 0.3 is 0 Å². The van der Waals surface area contributed by atoms with Crippen molar-refractivity contribution in [3.8, 4) is 17.0 Å². The molecule has 17 heavy (non-hydrogen) atoms. The number of nitrogens with two attached hydrogens (primary N) is 1.